The highest BCUT2D eigenvalue weighted by Gasteiger charge is 2.19. The van der Waals surface area contributed by atoms with Gasteiger partial charge in [0.1, 0.15) is 5.75 Å². The molecule has 0 atom stereocenters. The first-order valence-corrected chi connectivity index (χ1v) is 10.1. The minimum atomic E-state index is -3.68. The van der Waals surface area contributed by atoms with Gasteiger partial charge in [0.2, 0.25) is 15.9 Å². The lowest BCUT2D eigenvalue weighted by Gasteiger charge is -2.24. The lowest BCUT2D eigenvalue weighted by molar-refractivity contribution is -0.116. The molecule has 0 spiro atoms. The van der Waals surface area contributed by atoms with Crippen LogP contribution in [0.5, 0.6) is 5.75 Å². The molecule has 0 aliphatic rings. The summed E-state index contributed by atoms with van der Waals surface area (Å²) < 4.78 is 32.9. The van der Waals surface area contributed by atoms with Crippen molar-refractivity contribution in [3.8, 4) is 5.75 Å². The SMILES string of the molecule is COc1ccc(S(=O)(=O)NCCN(C(C)=O)c2cccc(C)c2C)c(C)c1. The molecule has 0 radical (unpaired) electrons. The maximum Gasteiger partial charge on any atom is 0.240 e. The van der Waals surface area contributed by atoms with Crippen LogP contribution in [-0.2, 0) is 14.8 Å². The molecule has 0 aromatic heterocycles. The first-order valence-electron chi connectivity index (χ1n) is 8.66. The number of sulfonamides is 1. The van der Waals surface area contributed by atoms with Gasteiger partial charge in [0.15, 0.2) is 0 Å². The molecule has 0 bridgehead atoms. The van der Waals surface area contributed by atoms with Crippen LogP contribution in [0.4, 0.5) is 5.69 Å². The van der Waals surface area contributed by atoms with Gasteiger partial charge in [0.25, 0.3) is 0 Å². The van der Waals surface area contributed by atoms with E-state index in [1.54, 1.807) is 24.0 Å². The second-order valence-corrected chi connectivity index (χ2v) is 8.15. The number of hydrogen-bond acceptors (Lipinski definition) is 4. The number of anilines is 1. The zero-order valence-corrected chi connectivity index (χ0v) is 17.2. The first-order chi connectivity index (χ1) is 12.7. The van der Waals surface area contributed by atoms with E-state index in [0.29, 0.717) is 11.3 Å². The summed E-state index contributed by atoms with van der Waals surface area (Å²) in [4.78, 5) is 13.9. The van der Waals surface area contributed by atoms with Crippen LogP contribution in [0.1, 0.15) is 23.6 Å². The second kappa shape index (κ2) is 8.54. The molecule has 0 saturated heterocycles. The molecule has 2 aromatic carbocycles. The molecule has 0 heterocycles. The molecule has 6 nitrogen and oxygen atoms in total. The fourth-order valence-corrected chi connectivity index (χ4v) is 4.14. The van der Waals surface area contributed by atoms with E-state index in [1.165, 1.54) is 20.1 Å². The number of carbonyl (C=O) groups excluding carboxylic acids is 1. The van der Waals surface area contributed by atoms with Crippen molar-refractivity contribution in [2.75, 3.05) is 25.1 Å². The number of amides is 1. The highest BCUT2D eigenvalue weighted by atomic mass is 32.2. The number of ether oxygens (including phenoxy) is 1. The fraction of sp³-hybridized carbons (Fsp3) is 0.350. The van der Waals surface area contributed by atoms with Crippen molar-refractivity contribution >= 4 is 21.6 Å². The van der Waals surface area contributed by atoms with E-state index in [9.17, 15) is 13.2 Å². The number of methoxy groups -OCH3 is 1. The van der Waals surface area contributed by atoms with E-state index in [2.05, 4.69) is 4.72 Å². The Labute approximate surface area is 161 Å². The number of carbonyl (C=O) groups is 1. The second-order valence-electron chi connectivity index (χ2n) is 6.42. The van der Waals surface area contributed by atoms with E-state index in [0.717, 1.165) is 16.8 Å². The summed E-state index contributed by atoms with van der Waals surface area (Å²) in [5.41, 5.74) is 3.47. The van der Waals surface area contributed by atoms with Crippen LogP contribution < -0.4 is 14.4 Å². The maximum atomic E-state index is 12.6. The number of benzene rings is 2. The van der Waals surface area contributed by atoms with Crippen LogP contribution >= 0.6 is 0 Å². The van der Waals surface area contributed by atoms with Crippen molar-refractivity contribution < 1.29 is 17.9 Å². The van der Waals surface area contributed by atoms with Crippen LogP contribution in [-0.4, -0.2) is 34.5 Å². The number of aryl methyl sites for hydroxylation is 2. The highest BCUT2D eigenvalue weighted by molar-refractivity contribution is 7.89. The van der Waals surface area contributed by atoms with Gasteiger partial charge >= 0.3 is 0 Å². The van der Waals surface area contributed by atoms with Gasteiger partial charge in [0, 0.05) is 25.7 Å². The van der Waals surface area contributed by atoms with Crippen molar-refractivity contribution in [2.24, 2.45) is 0 Å². The Kier molecular flexibility index (Phi) is 6.62. The first kappa shape index (κ1) is 20.9. The molecule has 1 N–H and O–H groups in total. The van der Waals surface area contributed by atoms with E-state index < -0.39 is 10.0 Å². The van der Waals surface area contributed by atoms with Gasteiger partial charge in [-0.3, -0.25) is 4.79 Å². The number of nitrogens with one attached hydrogen (secondary N) is 1. The standard InChI is InChI=1S/C20H26N2O4S/c1-14-7-6-8-19(16(14)3)22(17(4)23)12-11-21-27(24,25)20-10-9-18(26-5)13-15(20)2/h6-10,13,21H,11-12H2,1-5H3. The van der Waals surface area contributed by atoms with Gasteiger partial charge in [0.05, 0.1) is 12.0 Å². The van der Waals surface area contributed by atoms with Gasteiger partial charge < -0.3 is 9.64 Å². The summed E-state index contributed by atoms with van der Waals surface area (Å²) in [5.74, 6) is 0.465. The van der Waals surface area contributed by atoms with Gasteiger partial charge in [-0.2, -0.15) is 0 Å². The summed E-state index contributed by atoms with van der Waals surface area (Å²) in [6.45, 7) is 7.48. The molecule has 2 aromatic rings. The van der Waals surface area contributed by atoms with Crippen LogP contribution in [0.3, 0.4) is 0 Å². The molecular formula is C20H26N2O4S. The smallest absolute Gasteiger partial charge is 0.240 e. The highest BCUT2D eigenvalue weighted by Crippen LogP contribution is 2.23. The van der Waals surface area contributed by atoms with Crippen molar-refractivity contribution in [1.29, 1.82) is 0 Å². The van der Waals surface area contributed by atoms with E-state index in [-0.39, 0.29) is 23.9 Å². The van der Waals surface area contributed by atoms with Crippen LogP contribution in [0.25, 0.3) is 0 Å². The summed E-state index contributed by atoms with van der Waals surface area (Å²) in [6, 6.07) is 10.5. The number of nitrogens with zero attached hydrogens (tertiary/aromatic N) is 1. The molecule has 1 amide bonds. The summed E-state index contributed by atoms with van der Waals surface area (Å²) in [5, 5.41) is 0. The third-order valence-electron chi connectivity index (χ3n) is 4.55. The summed E-state index contributed by atoms with van der Waals surface area (Å²) in [6.07, 6.45) is 0. The van der Waals surface area contributed by atoms with E-state index >= 15 is 0 Å². The average Bonchev–Trinajstić information content (AvgIpc) is 2.61. The normalized spacial score (nSPS) is 11.3. The predicted octanol–water partition coefficient (Wildman–Crippen LogP) is 2.95. The zero-order valence-electron chi connectivity index (χ0n) is 16.4. The molecule has 0 aliphatic heterocycles. The van der Waals surface area contributed by atoms with Crippen molar-refractivity contribution in [3.63, 3.8) is 0 Å². The third-order valence-corrected chi connectivity index (χ3v) is 6.17. The molecule has 0 fully saturated rings. The molecule has 7 heteroatoms. The van der Waals surface area contributed by atoms with Crippen LogP contribution in [0.2, 0.25) is 0 Å². The topological polar surface area (TPSA) is 75.7 Å². The zero-order chi connectivity index (χ0) is 20.2. The van der Waals surface area contributed by atoms with Crippen molar-refractivity contribution in [2.45, 2.75) is 32.6 Å². The molecule has 0 saturated carbocycles. The lowest BCUT2D eigenvalue weighted by atomic mass is 10.1. The minimum Gasteiger partial charge on any atom is -0.497 e. The maximum absolute atomic E-state index is 12.6. The Bertz CT molecular complexity index is 939. The third kappa shape index (κ3) is 4.87. The molecular weight excluding hydrogens is 364 g/mol. The Hall–Kier alpha value is -2.38. The predicted molar refractivity (Wildman–Crippen MR) is 107 cm³/mol. The number of rotatable bonds is 7. The van der Waals surface area contributed by atoms with E-state index in [4.69, 9.17) is 4.74 Å². The molecule has 146 valence electrons. The van der Waals surface area contributed by atoms with Crippen molar-refractivity contribution in [3.05, 3.63) is 53.1 Å². The Morgan fingerprint density at radius 2 is 1.81 bits per heavy atom. The fourth-order valence-electron chi connectivity index (χ4n) is 2.90. The Morgan fingerprint density at radius 3 is 2.41 bits per heavy atom. The summed E-state index contributed by atoms with van der Waals surface area (Å²) >= 11 is 0. The summed E-state index contributed by atoms with van der Waals surface area (Å²) in [7, 11) is -2.15. The Morgan fingerprint density at radius 1 is 1.11 bits per heavy atom. The van der Waals surface area contributed by atoms with E-state index in [1.807, 2.05) is 32.0 Å². The van der Waals surface area contributed by atoms with Gasteiger partial charge in [-0.15, -0.1) is 0 Å². The molecule has 0 unspecified atom stereocenters. The molecule has 0 aliphatic carbocycles. The van der Waals surface area contributed by atoms with Gasteiger partial charge in [-0.25, -0.2) is 13.1 Å². The van der Waals surface area contributed by atoms with Gasteiger partial charge in [-0.05, 0) is 61.7 Å². The largest absolute Gasteiger partial charge is 0.497 e. The monoisotopic (exact) mass is 390 g/mol. The quantitative estimate of drug-likeness (QED) is 0.789. The number of hydrogen-bond donors (Lipinski definition) is 1. The molecule has 2 rings (SSSR count). The minimum absolute atomic E-state index is 0.112. The van der Waals surface area contributed by atoms with Crippen LogP contribution in [0.15, 0.2) is 41.3 Å². The van der Waals surface area contributed by atoms with Crippen LogP contribution in [0, 0.1) is 20.8 Å². The molecule has 27 heavy (non-hydrogen) atoms. The average molecular weight is 391 g/mol. The van der Waals surface area contributed by atoms with Gasteiger partial charge in [-0.1, -0.05) is 12.1 Å². The Balaban J connectivity index is 2.15. The lowest BCUT2D eigenvalue weighted by Crippen LogP contribution is -2.38. The van der Waals surface area contributed by atoms with Crippen molar-refractivity contribution in [1.82, 2.24) is 4.72 Å².